The number of rotatable bonds is 4. The van der Waals surface area contributed by atoms with Crippen LogP contribution < -0.4 is 5.32 Å². The van der Waals surface area contributed by atoms with E-state index in [9.17, 15) is 0 Å². The van der Waals surface area contributed by atoms with Gasteiger partial charge in [0.05, 0.1) is 17.8 Å². The van der Waals surface area contributed by atoms with Crippen LogP contribution in [-0.4, -0.2) is 23.2 Å². The second-order valence-electron chi connectivity index (χ2n) is 1.88. The predicted octanol–water partition coefficient (Wildman–Crippen LogP) is 0.225. The lowest BCUT2D eigenvalue weighted by molar-refractivity contribution is 0.291. The third kappa shape index (κ3) is 2.43. The van der Waals surface area contributed by atoms with Gasteiger partial charge in [-0.1, -0.05) is 0 Å². The molecule has 1 aromatic heterocycles. The molecule has 1 aromatic rings. The van der Waals surface area contributed by atoms with Crippen molar-refractivity contribution in [2.24, 2.45) is 0 Å². The van der Waals surface area contributed by atoms with Crippen LogP contribution >= 0.6 is 11.3 Å². The molecule has 1 rings (SSSR count). The highest BCUT2D eigenvalue weighted by molar-refractivity contribution is 7.07. The van der Waals surface area contributed by atoms with Crippen molar-refractivity contribution in [3.8, 4) is 0 Å². The normalized spacial score (nSPS) is 10.1. The zero-order chi connectivity index (χ0) is 7.23. The Kier molecular flexibility index (Phi) is 3.35. The minimum absolute atomic E-state index is 0.185. The average Bonchev–Trinajstić information content (AvgIpc) is 2.41. The topological polar surface area (TPSA) is 45.1 Å². The van der Waals surface area contributed by atoms with Gasteiger partial charge in [0.25, 0.3) is 0 Å². The summed E-state index contributed by atoms with van der Waals surface area (Å²) >= 11 is 1.58. The first-order chi connectivity index (χ1) is 4.93. The van der Waals surface area contributed by atoms with E-state index >= 15 is 0 Å². The Morgan fingerprint density at radius 2 is 2.60 bits per heavy atom. The number of thiazole rings is 1. The third-order valence-electron chi connectivity index (χ3n) is 1.08. The number of nitrogens with zero attached hydrogens (tertiary/aromatic N) is 1. The first kappa shape index (κ1) is 7.65. The summed E-state index contributed by atoms with van der Waals surface area (Å²) in [6.07, 6.45) is 0. The summed E-state index contributed by atoms with van der Waals surface area (Å²) in [4.78, 5) is 4.06. The van der Waals surface area contributed by atoms with Crippen LogP contribution in [0.1, 0.15) is 5.69 Å². The molecule has 0 saturated heterocycles. The molecule has 0 aliphatic rings. The summed E-state index contributed by atoms with van der Waals surface area (Å²) in [7, 11) is 0. The molecule has 10 heavy (non-hydrogen) atoms. The maximum Gasteiger partial charge on any atom is 0.0795 e. The number of aliphatic hydroxyl groups excluding tert-OH is 1. The third-order valence-corrected chi connectivity index (χ3v) is 1.71. The second kappa shape index (κ2) is 4.38. The maximum absolute atomic E-state index is 8.41. The Morgan fingerprint density at radius 3 is 3.20 bits per heavy atom. The standard InChI is InChI=1S/C6H10N2OS/c9-2-1-7-3-6-4-10-5-8-6/h4-5,7,9H,1-3H2. The number of aliphatic hydroxyl groups is 1. The van der Waals surface area contributed by atoms with E-state index in [4.69, 9.17) is 5.11 Å². The van der Waals surface area contributed by atoms with Gasteiger partial charge in [0.2, 0.25) is 0 Å². The molecule has 1 heterocycles. The van der Waals surface area contributed by atoms with Crippen LogP contribution in [-0.2, 0) is 6.54 Å². The van der Waals surface area contributed by atoms with Gasteiger partial charge in [0.15, 0.2) is 0 Å². The molecule has 3 nitrogen and oxygen atoms in total. The molecule has 0 bridgehead atoms. The van der Waals surface area contributed by atoms with Gasteiger partial charge in [0.1, 0.15) is 0 Å². The van der Waals surface area contributed by atoms with Crippen LogP contribution in [0.2, 0.25) is 0 Å². The molecule has 0 spiro atoms. The molecule has 0 aliphatic carbocycles. The Hall–Kier alpha value is -0.450. The summed E-state index contributed by atoms with van der Waals surface area (Å²) in [5.74, 6) is 0. The SMILES string of the molecule is OCCNCc1cscn1. The first-order valence-corrected chi connectivity index (χ1v) is 4.06. The summed E-state index contributed by atoms with van der Waals surface area (Å²) in [6, 6.07) is 0. The maximum atomic E-state index is 8.41. The Labute approximate surface area is 63.7 Å². The summed E-state index contributed by atoms with van der Waals surface area (Å²) in [6.45, 7) is 1.58. The van der Waals surface area contributed by atoms with E-state index < -0.39 is 0 Å². The van der Waals surface area contributed by atoms with Crippen molar-refractivity contribution < 1.29 is 5.11 Å². The summed E-state index contributed by atoms with van der Waals surface area (Å²) in [5, 5.41) is 13.4. The lowest BCUT2D eigenvalue weighted by Crippen LogP contribution is -2.17. The molecule has 0 aliphatic heterocycles. The van der Waals surface area contributed by atoms with Gasteiger partial charge in [-0.2, -0.15) is 0 Å². The number of hydrogen-bond acceptors (Lipinski definition) is 4. The molecule has 0 saturated carbocycles. The van der Waals surface area contributed by atoms with E-state index in [1.807, 2.05) is 5.38 Å². The minimum Gasteiger partial charge on any atom is -0.395 e. The molecular weight excluding hydrogens is 148 g/mol. The van der Waals surface area contributed by atoms with E-state index in [0.29, 0.717) is 6.54 Å². The molecular formula is C6H10N2OS. The van der Waals surface area contributed by atoms with E-state index in [1.165, 1.54) is 0 Å². The van der Waals surface area contributed by atoms with Crippen LogP contribution in [0.15, 0.2) is 10.9 Å². The van der Waals surface area contributed by atoms with Gasteiger partial charge in [0, 0.05) is 18.5 Å². The molecule has 0 amide bonds. The highest BCUT2D eigenvalue weighted by Gasteiger charge is 1.91. The van der Waals surface area contributed by atoms with Crippen LogP contribution in [0.5, 0.6) is 0 Å². The van der Waals surface area contributed by atoms with Crippen molar-refractivity contribution in [1.29, 1.82) is 0 Å². The van der Waals surface area contributed by atoms with Crippen molar-refractivity contribution >= 4 is 11.3 Å². The fourth-order valence-corrected chi connectivity index (χ4v) is 1.18. The highest BCUT2D eigenvalue weighted by Crippen LogP contribution is 1.98. The Balaban J connectivity index is 2.15. The van der Waals surface area contributed by atoms with Gasteiger partial charge in [-0.05, 0) is 0 Å². The van der Waals surface area contributed by atoms with Gasteiger partial charge in [-0.25, -0.2) is 4.98 Å². The fourth-order valence-electron chi connectivity index (χ4n) is 0.620. The van der Waals surface area contributed by atoms with Crippen molar-refractivity contribution in [3.63, 3.8) is 0 Å². The first-order valence-electron chi connectivity index (χ1n) is 3.12. The molecule has 0 atom stereocenters. The van der Waals surface area contributed by atoms with Crippen molar-refractivity contribution in [1.82, 2.24) is 10.3 Å². The zero-order valence-electron chi connectivity index (χ0n) is 5.58. The highest BCUT2D eigenvalue weighted by atomic mass is 32.1. The van der Waals surface area contributed by atoms with Crippen LogP contribution in [0.4, 0.5) is 0 Å². The molecule has 2 N–H and O–H groups in total. The molecule has 0 unspecified atom stereocenters. The number of hydrogen-bond donors (Lipinski definition) is 2. The minimum atomic E-state index is 0.185. The summed E-state index contributed by atoms with van der Waals surface area (Å²) in [5.41, 5.74) is 2.84. The Bertz CT molecular complexity index is 164. The van der Waals surface area contributed by atoms with E-state index in [-0.39, 0.29) is 6.61 Å². The molecule has 0 fully saturated rings. The molecule has 0 aromatic carbocycles. The van der Waals surface area contributed by atoms with Gasteiger partial charge in [-0.3, -0.25) is 0 Å². The van der Waals surface area contributed by atoms with Crippen molar-refractivity contribution in [3.05, 3.63) is 16.6 Å². The smallest absolute Gasteiger partial charge is 0.0795 e. The monoisotopic (exact) mass is 158 g/mol. The molecule has 4 heteroatoms. The lowest BCUT2D eigenvalue weighted by Gasteiger charge is -1.96. The number of aromatic nitrogens is 1. The van der Waals surface area contributed by atoms with Crippen LogP contribution in [0.3, 0.4) is 0 Å². The van der Waals surface area contributed by atoms with E-state index in [2.05, 4.69) is 10.3 Å². The van der Waals surface area contributed by atoms with E-state index in [0.717, 1.165) is 12.2 Å². The van der Waals surface area contributed by atoms with Crippen LogP contribution in [0.25, 0.3) is 0 Å². The predicted molar refractivity (Wildman–Crippen MR) is 40.9 cm³/mol. The molecule has 0 radical (unpaired) electrons. The van der Waals surface area contributed by atoms with Crippen LogP contribution in [0, 0.1) is 0 Å². The van der Waals surface area contributed by atoms with Gasteiger partial charge in [-0.15, -0.1) is 11.3 Å². The Morgan fingerprint density at radius 1 is 1.70 bits per heavy atom. The quantitative estimate of drug-likeness (QED) is 0.616. The van der Waals surface area contributed by atoms with Crippen molar-refractivity contribution in [2.45, 2.75) is 6.54 Å². The average molecular weight is 158 g/mol. The molecule has 56 valence electrons. The fraction of sp³-hybridized carbons (Fsp3) is 0.500. The van der Waals surface area contributed by atoms with Gasteiger partial charge < -0.3 is 10.4 Å². The zero-order valence-corrected chi connectivity index (χ0v) is 6.40. The largest absolute Gasteiger partial charge is 0.395 e. The van der Waals surface area contributed by atoms with Gasteiger partial charge >= 0.3 is 0 Å². The summed E-state index contributed by atoms with van der Waals surface area (Å²) < 4.78 is 0. The number of nitrogens with one attached hydrogen (secondary N) is 1. The second-order valence-corrected chi connectivity index (χ2v) is 2.60. The van der Waals surface area contributed by atoms with Crippen molar-refractivity contribution in [2.75, 3.05) is 13.2 Å². The lowest BCUT2D eigenvalue weighted by atomic mass is 10.5. The van der Waals surface area contributed by atoms with E-state index in [1.54, 1.807) is 16.8 Å².